The third-order valence-corrected chi connectivity index (χ3v) is 7.64. The zero-order valence-electron chi connectivity index (χ0n) is 26.6. The number of benzene rings is 1. The van der Waals surface area contributed by atoms with Gasteiger partial charge in [-0.15, -0.1) is 0 Å². The number of amides is 4. The minimum Gasteiger partial charge on any atom is -0.494 e. The van der Waals surface area contributed by atoms with Crippen molar-refractivity contribution in [2.45, 2.75) is 104 Å². The topological polar surface area (TPSA) is 157 Å². The molecule has 2 heterocycles. The number of nitrogens with one attached hydrogen (secondary N) is 3. The average molecular weight is 605 g/mol. The number of carbonyl (C=O) groups excluding carboxylic acids is 3. The van der Waals surface area contributed by atoms with E-state index in [9.17, 15) is 29.4 Å². The van der Waals surface area contributed by atoms with Crippen LogP contribution >= 0.6 is 0 Å². The van der Waals surface area contributed by atoms with Crippen LogP contribution in [0.4, 0.5) is 4.79 Å². The van der Waals surface area contributed by atoms with Crippen molar-refractivity contribution < 1.29 is 34.1 Å². The summed E-state index contributed by atoms with van der Waals surface area (Å²) in [6, 6.07) is 4.17. The second-order valence-corrected chi connectivity index (χ2v) is 12.6. The number of ether oxygens (including phenoxy) is 1. The number of rotatable bonds is 10. The highest BCUT2D eigenvalue weighted by molar-refractivity contribution is 5.88. The van der Waals surface area contributed by atoms with E-state index < -0.39 is 42.1 Å². The van der Waals surface area contributed by atoms with Gasteiger partial charge in [0.15, 0.2) is 0 Å². The van der Waals surface area contributed by atoms with Crippen molar-refractivity contribution in [3.63, 3.8) is 0 Å². The van der Waals surface area contributed by atoms with E-state index in [2.05, 4.69) is 16.0 Å². The maximum Gasteiger partial charge on any atom is 0.326 e. The number of carboxylic acids is 1. The molecule has 2 bridgehead atoms. The summed E-state index contributed by atoms with van der Waals surface area (Å²) < 4.78 is 5.83. The summed E-state index contributed by atoms with van der Waals surface area (Å²) in [6.07, 6.45) is 2.31. The Hall–Kier alpha value is -3.34. The van der Waals surface area contributed by atoms with Gasteiger partial charge in [0.2, 0.25) is 11.8 Å². The molecule has 3 rings (SSSR count). The van der Waals surface area contributed by atoms with Crippen LogP contribution in [0.2, 0.25) is 0 Å². The van der Waals surface area contributed by atoms with E-state index in [1.165, 1.54) is 4.90 Å². The number of urea groups is 1. The number of carboxylic acid groups (broad SMARTS) is 1. The molecule has 0 radical (unpaired) electrons. The quantitative estimate of drug-likeness (QED) is 0.274. The van der Waals surface area contributed by atoms with Crippen molar-refractivity contribution in [3.05, 3.63) is 29.8 Å². The van der Waals surface area contributed by atoms with Gasteiger partial charge in [0.1, 0.15) is 17.8 Å². The van der Waals surface area contributed by atoms with Crippen molar-refractivity contribution >= 4 is 23.8 Å². The molecule has 43 heavy (non-hydrogen) atoms. The van der Waals surface area contributed by atoms with Crippen molar-refractivity contribution in [2.75, 3.05) is 19.7 Å². The fourth-order valence-corrected chi connectivity index (χ4v) is 4.85. The highest BCUT2D eigenvalue weighted by atomic mass is 16.5. The summed E-state index contributed by atoms with van der Waals surface area (Å²) in [5.74, 6) is -1.34. The van der Waals surface area contributed by atoms with E-state index in [1.807, 2.05) is 52.0 Å². The van der Waals surface area contributed by atoms with Crippen LogP contribution in [0.25, 0.3) is 0 Å². The SMILES string of the molecule is CC(C)CCN(C[C@@H](O)[C@@H]1Cc2ccc(cc2)OCCCCCC(=O)N[C@@H](C(C)C)C(=O)N1)C(=O)N[C@H](C(=O)O)C(C)C. The molecule has 5 N–H and O–H groups in total. The van der Waals surface area contributed by atoms with Gasteiger partial charge in [0.25, 0.3) is 0 Å². The number of nitrogens with zero attached hydrogens (tertiary/aromatic N) is 1. The first kappa shape index (κ1) is 35.9. The third-order valence-electron chi connectivity index (χ3n) is 7.64. The Labute approximate surface area is 256 Å². The molecule has 2 aliphatic rings. The van der Waals surface area contributed by atoms with Crippen LogP contribution in [0.15, 0.2) is 24.3 Å². The van der Waals surface area contributed by atoms with Gasteiger partial charge in [-0.2, -0.15) is 0 Å². The number of carbonyl (C=O) groups is 4. The summed E-state index contributed by atoms with van der Waals surface area (Å²) >= 11 is 0. The molecular weight excluding hydrogens is 552 g/mol. The molecule has 0 saturated carbocycles. The Bertz CT molecular complexity index is 1040. The largest absolute Gasteiger partial charge is 0.494 e. The number of aliphatic hydroxyl groups is 1. The van der Waals surface area contributed by atoms with Crippen LogP contribution in [0.5, 0.6) is 5.75 Å². The molecule has 0 aliphatic carbocycles. The second-order valence-electron chi connectivity index (χ2n) is 12.6. The van der Waals surface area contributed by atoms with Crippen molar-refractivity contribution in [1.29, 1.82) is 0 Å². The summed E-state index contributed by atoms with van der Waals surface area (Å²) in [4.78, 5) is 52.7. The first-order valence-corrected chi connectivity index (χ1v) is 15.6. The Morgan fingerprint density at radius 3 is 2.28 bits per heavy atom. The van der Waals surface area contributed by atoms with Gasteiger partial charge in [-0.1, -0.05) is 53.7 Å². The summed E-state index contributed by atoms with van der Waals surface area (Å²) in [5.41, 5.74) is 0.843. The van der Waals surface area contributed by atoms with E-state index >= 15 is 0 Å². The van der Waals surface area contributed by atoms with Crippen LogP contribution in [0, 0.1) is 17.8 Å². The molecule has 11 nitrogen and oxygen atoms in total. The maximum absolute atomic E-state index is 13.5. The van der Waals surface area contributed by atoms with E-state index in [-0.39, 0.29) is 36.6 Å². The van der Waals surface area contributed by atoms with E-state index in [1.54, 1.807) is 13.8 Å². The normalized spacial score (nSPS) is 20.1. The molecule has 1 aromatic carbocycles. The number of aliphatic hydroxyl groups excluding tert-OH is 1. The van der Waals surface area contributed by atoms with Gasteiger partial charge in [-0.05, 0) is 67.6 Å². The molecule has 0 saturated heterocycles. The van der Waals surface area contributed by atoms with E-state index in [0.717, 1.165) is 18.4 Å². The monoisotopic (exact) mass is 604 g/mol. The lowest BCUT2D eigenvalue weighted by molar-refractivity contribution is -0.140. The maximum atomic E-state index is 13.5. The van der Waals surface area contributed by atoms with E-state index in [4.69, 9.17) is 4.74 Å². The van der Waals surface area contributed by atoms with Gasteiger partial charge in [-0.25, -0.2) is 9.59 Å². The van der Waals surface area contributed by atoms with Crippen LogP contribution in [0.1, 0.15) is 79.2 Å². The highest BCUT2D eigenvalue weighted by Gasteiger charge is 2.32. The van der Waals surface area contributed by atoms with Gasteiger partial charge >= 0.3 is 12.0 Å². The van der Waals surface area contributed by atoms with Crippen LogP contribution < -0.4 is 20.7 Å². The molecule has 4 atom stereocenters. The minimum absolute atomic E-state index is 0.131. The first-order valence-electron chi connectivity index (χ1n) is 15.6. The van der Waals surface area contributed by atoms with Gasteiger partial charge in [0, 0.05) is 13.0 Å². The molecule has 11 heteroatoms. The smallest absolute Gasteiger partial charge is 0.326 e. The first-order chi connectivity index (χ1) is 20.3. The van der Waals surface area contributed by atoms with Crippen LogP contribution in [-0.2, 0) is 20.8 Å². The summed E-state index contributed by atoms with van der Waals surface area (Å²) in [7, 11) is 0. The lowest BCUT2D eigenvalue weighted by Gasteiger charge is -2.33. The van der Waals surface area contributed by atoms with Crippen LogP contribution in [-0.4, -0.2) is 82.9 Å². The van der Waals surface area contributed by atoms with Crippen molar-refractivity contribution in [2.24, 2.45) is 17.8 Å². The number of hydrogen-bond acceptors (Lipinski definition) is 6. The van der Waals surface area contributed by atoms with Gasteiger partial charge in [-0.3, -0.25) is 9.59 Å². The minimum atomic E-state index is -1.19. The zero-order valence-corrected chi connectivity index (χ0v) is 26.6. The average Bonchev–Trinajstić information content (AvgIpc) is 2.93. The molecule has 1 aromatic rings. The second kappa shape index (κ2) is 17.7. The Balaban J connectivity index is 2.36. The highest BCUT2D eigenvalue weighted by Crippen LogP contribution is 2.17. The van der Waals surface area contributed by atoms with Crippen molar-refractivity contribution in [1.82, 2.24) is 20.9 Å². The zero-order chi connectivity index (χ0) is 32.1. The van der Waals surface area contributed by atoms with Gasteiger partial charge in [0.05, 0.1) is 25.3 Å². The fourth-order valence-electron chi connectivity index (χ4n) is 4.85. The summed E-state index contributed by atoms with van der Waals surface area (Å²) in [5, 5.41) is 29.5. The van der Waals surface area contributed by atoms with Crippen molar-refractivity contribution in [3.8, 4) is 5.75 Å². The Morgan fingerprint density at radius 1 is 1.02 bits per heavy atom. The lowest BCUT2D eigenvalue weighted by atomic mass is 9.98. The molecule has 0 unspecified atom stereocenters. The van der Waals surface area contributed by atoms with Crippen LogP contribution in [0.3, 0.4) is 0 Å². The summed E-state index contributed by atoms with van der Waals surface area (Å²) in [6.45, 7) is 11.8. The third kappa shape index (κ3) is 12.4. The number of aliphatic carboxylic acids is 1. The fraction of sp³-hybridized carbons (Fsp3) is 0.688. The molecular formula is C32H52N4O7. The molecule has 0 fully saturated rings. The molecule has 0 aromatic heterocycles. The predicted molar refractivity (Wildman–Crippen MR) is 165 cm³/mol. The number of fused-ring (bicyclic) bond motifs is 14. The molecule has 242 valence electrons. The lowest BCUT2D eigenvalue weighted by Crippen LogP contribution is -2.58. The molecule has 0 spiro atoms. The Kier molecular flexibility index (Phi) is 14.8. The Morgan fingerprint density at radius 2 is 1.70 bits per heavy atom. The molecule has 2 aliphatic heterocycles. The number of hydrogen-bond donors (Lipinski definition) is 5. The molecule has 4 amide bonds. The predicted octanol–water partition coefficient (Wildman–Crippen LogP) is 3.34. The van der Waals surface area contributed by atoms with E-state index in [0.29, 0.717) is 38.2 Å². The van der Waals surface area contributed by atoms with Gasteiger partial charge < -0.3 is 35.8 Å². The standard InChI is InChI=1S/C32H52N4O7/c1-20(2)15-16-36(32(42)35-29(22(5)6)31(40)41)19-26(37)25-18-23-11-13-24(14-12-23)43-17-9-7-8-10-27(38)34-28(21(3)4)30(39)33-25/h11-14,20-22,25-26,28-29,37H,7-10,15-19H2,1-6H3,(H,33,39)(H,34,38)(H,35,42)(H,40,41)/t25-,26+,28-,29-/m0/s1.